The zero-order chi connectivity index (χ0) is 14.1. The van der Waals surface area contributed by atoms with Gasteiger partial charge < -0.3 is 19.6 Å². The number of piperidine rings is 1. The standard InChI is InChI=1S/C14H26N2O3/c1-3-7-15(2)10-12-19-11-6-13-4-8-16(9-5-13)14(17)18/h3,13H,1,4-12H2,2H3,(H,17,18). The van der Waals surface area contributed by atoms with Gasteiger partial charge in [-0.15, -0.1) is 6.58 Å². The zero-order valence-electron chi connectivity index (χ0n) is 11.9. The maximum atomic E-state index is 10.8. The fourth-order valence-electron chi connectivity index (χ4n) is 2.30. The highest BCUT2D eigenvalue weighted by Gasteiger charge is 2.21. The van der Waals surface area contributed by atoms with Gasteiger partial charge in [-0.05, 0) is 32.2 Å². The number of hydrogen-bond acceptors (Lipinski definition) is 3. The van der Waals surface area contributed by atoms with Crippen molar-refractivity contribution in [2.75, 3.05) is 46.4 Å². The summed E-state index contributed by atoms with van der Waals surface area (Å²) >= 11 is 0. The summed E-state index contributed by atoms with van der Waals surface area (Å²) in [5, 5.41) is 8.86. The molecule has 0 radical (unpaired) electrons. The minimum absolute atomic E-state index is 0.613. The van der Waals surface area contributed by atoms with Gasteiger partial charge in [0.15, 0.2) is 0 Å². The number of carboxylic acid groups (broad SMARTS) is 1. The van der Waals surface area contributed by atoms with E-state index >= 15 is 0 Å². The summed E-state index contributed by atoms with van der Waals surface area (Å²) in [5.74, 6) is 0.613. The highest BCUT2D eigenvalue weighted by molar-refractivity contribution is 5.64. The van der Waals surface area contributed by atoms with Crippen molar-refractivity contribution in [2.45, 2.75) is 19.3 Å². The number of amides is 1. The fourth-order valence-corrected chi connectivity index (χ4v) is 2.30. The molecular formula is C14H26N2O3. The Morgan fingerprint density at radius 3 is 2.74 bits per heavy atom. The first-order valence-corrected chi connectivity index (χ1v) is 6.98. The van der Waals surface area contributed by atoms with E-state index in [0.717, 1.165) is 45.6 Å². The maximum absolute atomic E-state index is 10.8. The Morgan fingerprint density at radius 2 is 2.16 bits per heavy atom. The van der Waals surface area contributed by atoms with Gasteiger partial charge in [0.1, 0.15) is 0 Å². The average Bonchev–Trinajstić information content (AvgIpc) is 2.39. The smallest absolute Gasteiger partial charge is 0.407 e. The monoisotopic (exact) mass is 270 g/mol. The third kappa shape index (κ3) is 6.59. The summed E-state index contributed by atoms with van der Waals surface area (Å²) in [7, 11) is 2.05. The number of likely N-dealkylation sites (tertiary alicyclic amines) is 1. The molecule has 0 saturated carbocycles. The summed E-state index contributed by atoms with van der Waals surface area (Å²) in [6.45, 7) is 8.37. The fraction of sp³-hybridized carbons (Fsp3) is 0.786. The molecule has 0 unspecified atom stereocenters. The molecule has 19 heavy (non-hydrogen) atoms. The SMILES string of the molecule is C=CCN(C)CCOCCC1CCN(C(=O)O)CC1. The number of ether oxygens (including phenoxy) is 1. The van der Waals surface area contributed by atoms with Crippen LogP contribution in [0.3, 0.4) is 0 Å². The van der Waals surface area contributed by atoms with E-state index in [-0.39, 0.29) is 0 Å². The van der Waals surface area contributed by atoms with E-state index in [1.54, 1.807) is 0 Å². The molecule has 0 aromatic rings. The van der Waals surface area contributed by atoms with Crippen molar-refractivity contribution in [1.82, 2.24) is 9.80 Å². The van der Waals surface area contributed by atoms with Gasteiger partial charge in [0.05, 0.1) is 6.61 Å². The van der Waals surface area contributed by atoms with Gasteiger partial charge in [-0.2, -0.15) is 0 Å². The minimum Gasteiger partial charge on any atom is -0.465 e. The van der Waals surface area contributed by atoms with Gasteiger partial charge in [0, 0.05) is 32.8 Å². The summed E-state index contributed by atoms with van der Waals surface area (Å²) in [6.07, 6.45) is 4.06. The van der Waals surface area contributed by atoms with E-state index in [4.69, 9.17) is 9.84 Å². The molecule has 0 aromatic heterocycles. The first-order valence-electron chi connectivity index (χ1n) is 6.98. The van der Waals surface area contributed by atoms with Gasteiger partial charge in [0.25, 0.3) is 0 Å². The highest BCUT2D eigenvalue weighted by atomic mass is 16.5. The van der Waals surface area contributed by atoms with Gasteiger partial charge >= 0.3 is 6.09 Å². The molecule has 5 heteroatoms. The summed E-state index contributed by atoms with van der Waals surface area (Å²) in [6, 6.07) is 0. The van der Waals surface area contributed by atoms with Crippen LogP contribution >= 0.6 is 0 Å². The Morgan fingerprint density at radius 1 is 1.47 bits per heavy atom. The molecule has 0 atom stereocenters. The number of hydrogen-bond donors (Lipinski definition) is 1. The lowest BCUT2D eigenvalue weighted by atomic mass is 9.94. The summed E-state index contributed by atoms with van der Waals surface area (Å²) < 4.78 is 5.62. The van der Waals surface area contributed by atoms with Crippen LogP contribution in [0.2, 0.25) is 0 Å². The largest absolute Gasteiger partial charge is 0.465 e. The third-order valence-corrected chi connectivity index (χ3v) is 3.61. The number of carbonyl (C=O) groups is 1. The van der Waals surface area contributed by atoms with Crippen molar-refractivity contribution < 1.29 is 14.6 Å². The second-order valence-electron chi connectivity index (χ2n) is 5.16. The normalized spacial score (nSPS) is 16.8. The Labute approximate surface area is 115 Å². The van der Waals surface area contributed by atoms with E-state index in [1.165, 1.54) is 4.90 Å². The van der Waals surface area contributed by atoms with E-state index in [0.29, 0.717) is 19.0 Å². The van der Waals surface area contributed by atoms with Crippen LogP contribution in [0, 0.1) is 5.92 Å². The lowest BCUT2D eigenvalue weighted by Gasteiger charge is -2.29. The molecule has 5 nitrogen and oxygen atoms in total. The number of rotatable bonds is 8. The molecule has 0 aliphatic carbocycles. The molecule has 1 amide bonds. The van der Waals surface area contributed by atoms with Crippen LogP contribution in [0.25, 0.3) is 0 Å². The van der Waals surface area contributed by atoms with Crippen molar-refractivity contribution in [3.63, 3.8) is 0 Å². The maximum Gasteiger partial charge on any atom is 0.407 e. The van der Waals surface area contributed by atoms with E-state index in [1.807, 2.05) is 13.1 Å². The molecule has 1 rings (SSSR count). The molecule has 1 heterocycles. The Balaban J connectivity index is 1.99. The Bertz CT molecular complexity index is 276. The number of likely N-dealkylation sites (N-methyl/N-ethyl adjacent to an activating group) is 1. The summed E-state index contributed by atoms with van der Waals surface area (Å²) in [5.41, 5.74) is 0. The third-order valence-electron chi connectivity index (χ3n) is 3.61. The van der Waals surface area contributed by atoms with Crippen LogP contribution in [0.15, 0.2) is 12.7 Å². The predicted octanol–water partition coefficient (Wildman–Crippen LogP) is 1.90. The van der Waals surface area contributed by atoms with Crippen LogP contribution in [0.4, 0.5) is 4.79 Å². The molecule has 110 valence electrons. The molecule has 0 spiro atoms. The van der Waals surface area contributed by atoms with Gasteiger partial charge in [-0.3, -0.25) is 0 Å². The van der Waals surface area contributed by atoms with Crippen molar-refractivity contribution in [2.24, 2.45) is 5.92 Å². The topological polar surface area (TPSA) is 53.0 Å². The molecule has 0 aromatic carbocycles. The number of nitrogens with zero attached hydrogens (tertiary/aromatic N) is 2. The first kappa shape index (κ1) is 16.0. The van der Waals surface area contributed by atoms with E-state index < -0.39 is 6.09 Å². The molecule has 1 N–H and O–H groups in total. The lowest BCUT2D eigenvalue weighted by Crippen LogP contribution is -2.37. The van der Waals surface area contributed by atoms with Crippen LogP contribution in [-0.4, -0.2) is 67.4 Å². The van der Waals surface area contributed by atoms with Crippen LogP contribution in [0.1, 0.15) is 19.3 Å². The summed E-state index contributed by atoms with van der Waals surface area (Å²) in [4.78, 5) is 14.4. The quantitative estimate of drug-likeness (QED) is 0.540. The van der Waals surface area contributed by atoms with Crippen molar-refractivity contribution in [3.05, 3.63) is 12.7 Å². The van der Waals surface area contributed by atoms with Crippen LogP contribution in [-0.2, 0) is 4.74 Å². The molecule has 1 fully saturated rings. The zero-order valence-corrected chi connectivity index (χ0v) is 11.9. The molecule has 0 bridgehead atoms. The van der Waals surface area contributed by atoms with Crippen molar-refractivity contribution in [1.29, 1.82) is 0 Å². The Hall–Kier alpha value is -1.07. The average molecular weight is 270 g/mol. The van der Waals surface area contributed by atoms with E-state index in [2.05, 4.69) is 11.5 Å². The predicted molar refractivity (Wildman–Crippen MR) is 75.5 cm³/mol. The second-order valence-corrected chi connectivity index (χ2v) is 5.16. The first-order chi connectivity index (χ1) is 9.13. The highest BCUT2D eigenvalue weighted by Crippen LogP contribution is 2.20. The molecule has 1 aliphatic heterocycles. The Kier molecular flexibility index (Phi) is 7.52. The van der Waals surface area contributed by atoms with Gasteiger partial charge in [-0.1, -0.05) is 6.08 Å². The van der Waals surface area contributed by atoms with Gasteiger partial charge in [0.2, 0.25) is 0 Å². The molecule has 1 aliphatic rings. The van der Waals surface area contributed by atoms with Crippen LogP contribution in [0.5, 0.6) is 0 Å². The lowest BCUT2D eigenvalue weighted by molar-refractivity contribution is 0.0864. The van der Waals surface area contributed by atoms with Gasteiger partial charge in [-0.25, -0.2) is 4.79 Å². The molecular weight excluding hydrogens is 244 g/mol. The molecule has 1 saturated heterocycles. The second kappa shape index (κ2) is 8.93. The van der Waals surface area contributed by atoms with E-state index in [9.17, 15) is 4.79 Å². The van der Waals surface area contributed by atoms with Crippen LogP contribution < -0.4 is 0 Å². The van der Waals surface area contributed by atoms with Crippen molar-refractivity contribution >= 4 is 6.09 Å². The minimum atomic E-state index is -0.792. The van der Waals surface area contributed by atoms with Crippen molar-refractivity contribution in [3.8, 4) is 0 Å².